The fourth-order valence-electron chi connectivity index (χ4n) is 3.24. The molecule has 4 aromatic rings. The molecular weight excluding hydrogens is 392 g/mol. The van der Waals surface area contributed by atoms with Crippen LogP contribution >= 0.6 is 0 Å². The first-order chi connectivity index (χ1) is 15.1. The largest absolute Gasteiger partial charge is 0.423 e. The second-order valence-electron chi connectivity index (χ2n) is 7.00. The van der Waals surface area contributed by atoms with Crippen molar-refractivity contribution in [3.63, 3.8) is 0 Å². The highest BCUT2D eigenvalue weighted by Gasteiger charge is 2.13. The first-order valence-corrected chi connectivity index (χ1v) is 9.81. The smallest absolute Gasteiger partial charge is 0.343 e. The Morgan fingerprint density at radius 3 is 2.13 bits per heavy atom. The van der Waals surface area contributed by atoms with Gasteiger partial charge in [0, 0.05) is 17.8 Å². The Labute approximate surface area is 178 Å². The number of esters is 1. The molecule has 0 spiro atoms. The maximum atomic E-state index is 13.0. The van der Waals surface area contributed by atoms with E-state index in [-0.39, 0.29) is 18.6 Å². The summed E-state index contributed by atoms with van der Waals surface area (Å²) in [6.07, 6.45) is 1.46. The maximum absolute atomic E-state index is 13.0. The van der Waals surface area contributed by atoms with Gasteiger partial charge in [0.2, 0.25) is 0 Å². The van der Waals surface area contributed by atoms with Crippen molar-refractivity contribution in [1.29, 1.82) is 0 Å². The van der Waals surface area contributed by atoms with Crippen LogP contribution in [0.2, 0.25) is 0 Å². The summed E-state index contributed by atoms with van der Waals surface area (Å²) in [5.41, 5.74) is 1.15. The fourth-order valence-corrected chi connectivity index (χ4v) is 3.24. The van der Waals surface area contributed by atoms with Crippen LogP contribution in [-0.2, 0) is 13.1 Å². The summed E-state index contributed by atoms with van der Waals surface area (Å²) < 4.78 is 8.19. The number of carbonyl (C=O) groups excluding carboxylic acids is 1. The first-order valence-electron chi connectivity index (χ1n) is 9.81. The average Bonchev–Trinajstić information content (AvgIpc) is 2.81. The molecule has 0 amide bonds. The lowest BCUT2D eigenvalue weighted by atomic mass is 10.2. The van der Waals surface area contributed by atoms with E-state index in [0.717, 1.165) is 5.56 Å². The summed E-state index contributed by atoms with van der Waals surface area (Å²) in [6, 6.07) is 26.4. The van der Waals surface area contributed by atoms with Crippen molar-refractivity contribution in [2.24, 2.45) is 0 Å². The summed E-state index contributed by atoms with van der Waals surface area (Å²) in [5.74, 6) is -0.112. The Kier molecular flexibility index (Phi) is 5.89. The molecule has 1 heterocycles. The lowest BCUT2D eigenvalue weighted by molar-refractivity contribution is 0.0733. The van der Waals surface area contributed by atoms with E-state index in [1.807, 2.05) is 36.4 Å². The highest BCUT2D eigenvalue weighted by atomic mass is 16.5. The third kappa shape index (κ3) is 4.70. The topological polar surface area (TPSA) is 70.3 Å². The van der Waals surface area contributed by atoms with Gasteiger partial charge in [-0.3, -0.25) is 13.9 Å². The minimum Gasteiger partial charge on any atom is -0.423 e. The average molecular weight is 412 g/mol. The highest BCUT2D eigenvalue weighted by molar-refractivity contribution is 5.91. The summed E-state index contributed by atoms with van der Waals surface area (Å²) in [4.78, 5) is 37.7. The van der Waals surface area contributed by atoms with E-state index < -0.39 is 11.7 Å². The van der Waals surface area contributed by atoms with Gasteiger partial charge in [-0.2, -0.15) is 0 Å². The molecule has 0 unspecified atom stereocenters. The van der Waals surface area contributed by atoms with Gasteiger partial charge < -0.3 is 4.74 Å². The van der Waals surface area contributed by atoms with Crippen LogP contribution in [0.25, 0.3) is 0 Å². The molecule has 0 radical (unpaired) electrons. The van der Waals surface area contributed by atoms with Gasteiger partial charge in [0.05, 0.1) is 18.7 Å². The number of para-hydroxylation sites is 1. The second-order valence-corrected chi connectivity index (χ2v) is 7.00. The Morgan fingerprint density at radius 2 is 1.39 bits per heavy atom. The molecular formula is C25H20N2O4. The number of benzene rings is 3. The number of rotatable bonds is 6. The minimum atomic E-state index is -0.477. The van der Waals surface area contributed by atoms with Gasteiger partial charge >= 0.3 is 11.7 Å². The third-order valence-corrected chi connectivity index (χ3v) is 4.85. The van der Waals surface area contributed by atoms with Gasteiger partial charge in [-0.05, 0) is 23.8 Å². The molecule has 0 atom stereocenters. The van der Waals surface area contributed by atoms with Crippen LogP contribution < -0.4 is 16.0 Å². The van der Waals surface area contributed by atoms with E-state index in [1.54, 1.807) is 48.5 Å². The molecule has 0 N–H and O–H groups in total. The normalized spacial score (nSPS) is 10.6. The number of nitrogens with zero attached hydrogens (tertiary/aromatic N) is 2. The highest BCUT2D eigenvalue weighted by Crippen LogP contribution is 2.20. The number of ether oxygens (including phenoxy) is 1. The molecule has 6 heteroatoms. The van der Waals surface area contributed by atoms with Crippen molar-refractivity contribution in [2.45, 2.75) is 13.1 Å². The fraction of sp³-hybridized carbons (Fsp3) is 0.0800. The Morgan fingerprint density at radius 1 is 0.742 bits per heavy atom. The van der Waals surface area contributed by atoms with Crippen LogP contribution in [0.3, 0.4) is 0 Å². The van der Waals surface area contributed by atoms with E-state index in [4.69, 9.17) is 4.74 Å². The van der Waals surface area contributed by atoms with Crippen LogP contribution in [0, 0.1) is 0 Å². The molecule has 0 saturated heterocycles. The molecule has 1 aromatic heterocycles. The van der Waals surface area contributed by atoms with E-state index >= 15 is 0 Å². The van der Waals surface area contributed by atoms with Gasteiger partial charge in [-0.1, -0.05) is 66.7 Å². The molecule has 0 aliphatic heterocycles. The van der Waals surface area contributed by atoms with Crippen LogP contribution in [0.4, 0.5) is 0 Å². The first kappa shape index (κ1) is 20.1. The van der Waals surface area contributed by atoms with Crippen LogP contribution in [0.15, 0.2) is 107 Å². The van der Waals surface area contributed by atoms with Crippen molar-refractivity contribution >= 4 is 5.97 Å². The molecule has 6 nitrogen and oxygen atoms in total. The van der Waals surface area contributed by atoms with Crippen LogP contribution in [-0.4, -0.2) is 15.1 Å². The molecule has 4 rings (SSSR count). The van der Waals surface area contributed by atoms with E-state index in [2.05, 4.69) is 0 Å². The van der Waals surface area contributed by atoms with Crippen molar-refractivity contribution in [2.75, 3.05) is 0 Å². The lowest BCUT2D eigenvalue weighted by Gasteiger charge is -2.13. The van der Waals surface area contributed by atoms with E-state index in [9.17, 15) is 14.4 Å². The van der Waals surface area contributed by atoms with Crippen LogP contribution in [0.1, 0.15) is 21.5 Å². The molecule has 0 fully saturated rings. The SMILES string of the molecule is O=C(Oc1ccccc1Cn1ccc(=O)n(Cc2ccccc2)c1=O)c1ccccc1. The van der Waals surface area contributed by atoms with E-state index in [1.165, 1.54) is 21.4 Å². The van der Waals surface area contributed by atoms with Gasteiger partial charge in [0.25, 0.3) is 5.56 Å². The quantitative estimate of drug-likeness (QED) is 0.360. The molecule has 3 aromatic carbocycles. The predicted octanol–water partition coefficient (Wildman–Crippen LogP) is 3.33. The number of carbonyl (C=O) groups is 1. The summed E-state index contributed by atoms with van der Waals surface area (Å²) in [5, 5.41) is 0. The summed E-state index contributed by atoms with van der Waals surface area (Å²) in [6.45, 7) is 0.343. The number of aromatic nitrogens is 2. The monoisotopic (exact) mass is 412 g/mol. The van der Waals surface area contributed by atoms with Crippen molar-refractivity contribution in [1.82, 2.24) is 9.13 Å². The third-order valence-electron chi connectivity index (χ3n) is 4.85. The molecule has 0 bridgehead atoms. The maximum Gasteiger partial charge on any atom is 0.343 e. The number of hydrogen-bond donors (Lipinski definition) is 0. The zero-order chi connectivity index (χ0) is 21.6. The molecule has 0 aliphatic rings. The Balaban J connectivity index is 1.62. The molecule has 0 saturated carbocycles. The van der Waals surface area contributed by atoms with Gasteiger partial charge in [0.1, 0.15) is 5.75 Å². The summed E-state index contributed by atoms with van der Waals surface area (Å²) in [7, 11) is 0. The van der Waals surface area contributed by atoms with Crippen molar-refractivity contribution < 1.29 is 9.53 Å². The zero-order valence-electron chi connectivity index (χ0n) is 16.7. The number of hydrogen-bond acceptors (Lipinski definition) is 4. The van der Waals surface area contributed by atoms with E-state index in [0.29, 0.717) is 16.9 Å². The van der Waals surface area contributed by atoms with Gasteiger partial charge in [-0.15, -0.1) is 0 Å². The van der Waals surface area contributed by atoms with Crippen molar-refractivity contribution in [3.8, 4) is 5.75 Å². The zero-order valence-corrected chi connectivity index (χ0v) is 16.7. The summed E-state index contributed by atoms with van der Waals surface area (Å²) >= 11 is 0. The standard InChI is InChI=1S/C25H20N2O4/c28-23-15-16-26(25(30)27(23)17-19-9-3-1-4-10-19)18-21-13-7-8-14-22(21)31-24(29)20-11-5-2-6-12-20/h1-16H,17-18H2. The lowest BCUT2D eigenvalue weighted by Crippen LogP contribution is -2.39. The van der Waals surface area contributed by atoms with Gasteiger partial charge in [-0.25, -0.2) is 9.59 Å². The molecule has 0 aliphatic carbocycles. The van der Waals surface area contributed by atoms with Gasteiger partial charge in [0.15, 0.2) is 0 Å². The molecule has 154 valence electrons. The van der Waals surface area contributed by atoms with Crippen LogP contribution in [0.5, 0.6) is 5.75 Å². The minimum absolute atomic E-state index is 0.159. The second kappa shape index (κ2) is 9.09. The Bertz CT molecular complexity index is 1310. The predicted molar refractivity (Wildman–Crippen MR) is 117 cm³/mol. The van der Waals surface area contributed by atoms with Crippen molar-refractivity contribution in [3.05, 3.63) is 135 Å². The molecule has 31 heavy (non-hydrogen) atoms. The Hall–Kier alpha value is -4.19.